The molecular weight excluding hydrogens is 271 g/mol. The van der Waals surface area contributed by atoms with E-state index in [1.165, 1.54) is 16.8 Å². The minimum Gasteiger partial charge on any atom is -0.382 e. The third kappa shape index (κ3) is 2.26. The van der Waals surface area contributed by atoms with Gasteiger partial charge in [-0.15, -0.1) is 0 Å². The smallest absolute Gasteiger partial charge is 0.145 e. The monoisotopic (exact) mass is 286 g/mol. The van der Waals surface area contributed by atoms with E-state index in [1.54, 1.807) is 6.07 Å². The van der Waals surface area contributed by atoms with E-state index in [1.807, 2.05) is 6.92 Å². The van der Waals surface area contributed by atoms with Crippen LogP contribution in [0.25, 0.3) is 5.69 Å². The minimum absolute atomic E-state index is 0.211. The summed E-state index contributed by atoms with van der Waals surface area (Å²) in [5.41, 5.74) is 8.25. The Labute approximate surface area is 121 Å². The normalized spacial score (nSPS) is 17.9. The quantitative estimate of drug-likeness (QED) is 0.920. The third-order valence-corrected chi connectivity index (χ3v) is 3.69. The Hall–Kier alpha value is -2.39. The molecule has 0 saturated carbocycles. The number of anilines is 1. The lowest BCUT2D eigenvalue weighted by atomic mass is 10.1. The summed E-state index contributed by atoms with van der Waals surface area (Å²) in [6.07, 6.45) is 1.53. The third-order valence-electron chi connectivity index (χ3n) is 3.69. The summed E-state index contributed by atoms with van der Waals surface area (Å²) in [4.78, 5) is 0. The highest BCUT2D eigenvalue weighted by Gasteiger charge is 2.27. The molecule has 6 heteroatoms. The molecule has 1 aromatic heterocycles. The largest absolute Gasteiger partial charge is 0.382 e. The first kappa shape index (κ1) is 13.6. The molecule has 2 aromatic rings. The Bertz CT molecular complexity index is 726. The van der Waals surface area contributed by atoms with E-state index in [0.29, 0.717) is 23.6 Å². The molecule has 0 radical (unpaired) electrons. The molecule has 21 heavy (non-hydrogen) atoms. The van der Waals surface area contributed by atoms with E-state index in [2.05, 4.69) is 11.2 Å². The zero-order chi connectivity index (χ0) is 15.0. The van der Waals surface area contributed by atoms with Crippen LogP contribution in [0, 0.1) is 24.1 Å². The Morgan fingerprint density at radius 2 is 2.33 bits per heavy atom. The zero-order valence-corrected chi connectivity index (χ0v) is 11.6. The maximum absolute atomic E-state index is 13.5. The van der Waals surface area contributed by atoms with Crippen molar-refractivity contribution in [3.05, 3.63) is 40.8 Å². The fourth-order valence-corrected chi connectivity index (χ4v) is 2.58. The van der Waals surface area contributed by atoms with Gasteiger partial charge in [0.1, 0.15) is 35.1 Å². The van der Waals surface area contributed by atoms with Crippen LogP contribution in [0.5, 0.6) is 0 Å². The van der Waals surface area contributed by atoms with Gasteiger partial charge in [-0.1, -0.05) is 6.07 Å². The predicted octanol–water partition coefficient (Wildman–Crippen LogP) is 2.63. The van der Waals surface area contributed by atoms with Crippen LogP contribution in [0.1, 0.15) is 35.8 Å². The summed E-state index contributed by atoms with van der Waals surface area (Å²) in [6.45, 7) is 2.50. The summed E-state index contributed by atoms with van der Waals surface area (Å²) < 4.78 is 20.5. The number of aromatic nitrogens is 2. The van der Waals surface area contributed by atoms with Gasteiger partial charge in [0.2, 0.25) is 0 Å². The van der Waals surface area contributed by atoms with Gasteiger partial charge >= 0.3 is 0 Å². The van der Waals surface area contributed by atoms with Gasteiger partial charge in [-0.05, 0) is 37.5 Å². The standard InChI is InChI=1S/C15H15FN4O/c1-9-4-5-10(16)7-12(9)20-15(18)11(8-17)14(19-20)13-3-2-6-21-13/h4-5,7,13H,2-3,6,18H2,1H3/t13-/m1/s1. The molecule has 0 bridgehead atoms. The first-order valence-electron chi connectivity index (χ1n) is 6.78. The fraction of sp³-hybridized carbons (Fsp3) is 0.333. The van der Waals surface area contributed by atoms with Crippen LogP contribution < -0.4 is 5.73 Å². The lowest BCUT2D eigenvalue weighted by Crippen LogP contribution is -2.05. The number of aryl methyl sites for hydroxylation is 1. The van der Waals surface area contributed by atoms with Crippen molar-refractivity contribution in [2.24, 2.45) is 0 Å². The summed E-state index contributed by atoms with van der Waals surface area (Å²) in [5.74, 6) is -0.153. The molecule has 0 aliphatic carbocycles. The van der Waals surface area contributed by atoms with E-state index in [0.717, 1.165) is 18.4 Å². The second-order valence-corrected chi connectivity index (χ2v) is 5.10. The van der Waals surface area contributed by atoms with Gasteiger partial charge in [-0.3, -0.25) is 0 Å². The van der Waals surface area contributed by atoms with Crippen LogP contribution in [-0.4, -0.2) is 16.4 Å². The molecule has 1 fully saturated rings. The predicted molar refractivity (Wildman–Crippen MR) is 75.3 cm³/mol. The molecule has 5 nitrogen and oxygen atoms in total. The second kappa shape index (κ2) is 5.19. The number of ether oxygens (including phenoxy) is 1. The molecule has 108 valence electrons. The van der Waals surface area contributed by atoms with Crippen molar-refractivity contribution >= 4 is 5.82 Å². The van der Waals surface area contributed by atoms with Crippen LogP contribution in [0.15, 0.2) is 18.2 Å². The van der Waals surface area contributed by atoms with E-state index < -0.39 is 0 Å². The van der Waals surface area contributed by atoms with Crippen molar-refractivity contribution in [3.63, 3.8) is 0 Å². The number of hydrogen-bond donors (Lipinski definition) is 1. The number of nitrogens with zero attached hydrogens (tertiary/aromatic N) is 3. The van der Waals surface area contributed by atoms with Crippen LogP contribution in [0.4, 0.5) is 10.2 Å². The van der Waals surface area contributed by atoms with Gasteiger partial charge in [-0.25, -0.2) is 9.07 Å². The maximum Gasteiger partial charge on any atom is 0.145 e. The Balaban J connectivity index is 2.15. The molecule has 1 aromatic carbocycles. The molecule has 3 rings (SSSR count). The maximum atomic E-state index is 13.5. The van der Waals surface area contributed by atoms with E-state index in [4.69, 9.17) is 10.5 Å². The second-order valence-electron chi connectivity index (χ2n) is 5.10. The van der Waals surface area contributed by atoms with Crippen LogP contribution >= 0.6 is 0 Å². The number of nitrogen functional groups attached to an aromatic ring is 1. The number of benzene rings is 1. The first-order valence-corrected chi connectivity index (χ1v) is 6.78. The fourth-order valence-electron chi connectivity index (χ4n) is 2.58. The summed E-state index contributed by atoms with van der Waals surface area (Å²) in [7, 11) is 0. The van der Waals surface area contributed by atoms with Crippen molar-refractivity contribution < 1.29 is 9.13 Å². The molecular formula is C15H15FN4O. The minimum atomic E-state index is -0.373. The van der Waals surface area contributed by atoms with Crippen LogP contribution in [0.2, 0.25) is 0 Å². The van der Waals surface area contributed by atoms with E-state index in [9.17, 15) is 9.65 Å². The zero-order valence-electron chi connectivity index (χ0n) is 11.6. The van der Waals surface area contributed by atoms with E-state index >= 15 is 0 Å². The lowest BCUT2D eigenvalue weighted by Gasteiger charge is -2.08. The number of hydrogen-bond acceptors (Lipinski definition) is 4. The van der Waals surface area contributed by atoms with Crippen molar-refractivity contribution in [1.29, 1.82) is 5.26 Å². The van der Waals surface area contributed by atoms with Gasteiger partial charge < -0.3 is 10.5 Å². The first-order chi connectivity index (χ1) is 10.1. The van der Waals surface area contributed by atoms with Crippen LogP contribution in [0.3, 0.4) is 0 Å². The summed E-state index contributed by atoms with van der Waals surface area (Å²) in [5, 5.41) is 13.7. The average molecular weight is 286 g/mol. The molecule has 1 aliphatic rings. The molecule has 2 heterocycles. The molecule has 1 aliphatic heterocycles. The van der Waals surface area contributed by atoms with Gasteiger partial charge in [0.25, 0.3) is 0 Å². The number of nitrogens with two attached hydrogens (primary N) is 1. The summed E-state index contributed by atoms with van der Waals surface area (Å²) in [6, 6.07) is 6.48. The molecule has 0 amide bonds. The molecule has 1 saturated heterocycles. The highest BCUT2D eigenvalue weighted by atomic mass is 19.1. The van der Waals surface area contributed by atoms with Crippen LogP contribution in [-0.2, 0) is 4.74 Å². The lowest BCUT2D eigenvalue weighted by molar-refractivity contribution is 0.108. The van der Waals surface area contributed by atoms with Crippen molar-refractivity contribution in [2.75, 3.05) is 12.3 Å². The number of nitriles is 1. The Morgan fingerprint density at radius 3 is 3.00 bits per heavy atom. The van der Waals surface area contributed by atoms with Gasteiger partial charge in [0.15, 0.2) is 0 Å². The van der Waals surface area contributed by atoms with Crippen molar-refractivity contribution in [1.82, 2.24) is 9.78 Å². The highest BCUT2D eigenvalue weighted by Crippen LogP contribution is 2.33. The number of rotatable bonds is 2. The molecule has 1 atom stereocenters. The highest BCUT2D eigenvalue weighted by molar-refractivity contribution is 5.58. The SMILES string of the molecule is Cc1ccc(F)cc1-n1nc([C@H]2CCCO2)c(C#N)c1N. The van der Waals surface area contributed by atoms with Crippen molar-refractivity contribution in [2.45, 2.75) is 25.9 Å². The van der Waals surface area contributed by atoms with Gasteiger partial charge in [-0.2, -0.15) is 10.4 Å². The average Bonchev–Trinajstić information content (AvgIpc) is 3.09. The topological polar surface area (TPSA) is 76.9 Å². The number of halogens is 1. The van der Waals surface area contributed by atoms with Crippen molar-refractivity contribution in [3.8, 4) is 11.8 Å². The Kier molecular flexibility index (Phi) is 3.35. The van der Waals surface area contributed by atoms with Gasteiger partial charge in [0.05, 0.1) is 5.69 Å². The van der Waals surface area contributed by atoms with Gasteiger partial charge in [0, 0.05) is 6.61 Å². The molecule has 2 N–H and O–H groups in total. The molecule has 0 unspecified atom stereocenters. The summed E-state index contributed by atoms with van der Waals surface area (Å²) >= 11 is 0. The van der Waals surface area contributed by atoms with E-state index in [-0.39, 0.29) is 17.7 Å². The Morgan fingerprint density at radius 1 is 1.52 bits per heavy atom. The molecule has 0 spiro atoms.